The average Bonchev–Trinajstić information content (AvgIpc) is 2.48. The SMILES string of the molecule is CCCNC(CCC(C)(C)OC)CSc1ccccc1Br. The Morgan fingerprint density at radius 3 is 2.67 bits per heavy atom. The van der Waals surface area contributed by atoms with Gasteiger partial charge in [0.25, 0.3) is 0 Å². The van der Waals surface area contributed by atoms with Gasteiger partial charge in [-0.2, -0.15) is 0 Å². The molecular weight excluding hydrogens is 346 g/mol. The molecule has 1 aromatic rings. The van der Waals surface area contributed by atoms with Gasteiger partial charge in [0, 0.05) is 28.3 Å². The van der Waals surface area contributed by atoms with Crippen molar-refractivity contribution in [1.29, 1.82) is 0 Å². The number of rotatable bonds is 10. The molecule has 1 aromatic carbocycles. The summed E-state index contributed by atoms with van der Waals surface area (Å²) in [6, 6.07) is 8.95. The first kappa shape index (κ1) is 19.0. The molecule has 1 unspecified atom stereocenters. The molecule has 21 heavy (non-hydrogen) atoms. The van der Waals surface area contributed by atoms with Crippen molar-refractivity contribution in [3.05, 3.63) is 28.7 Å². The minimum Gasteiger partial charge on any atom is -0.379 e. The molecule has 4 heteroatoms. The molecule has 1 atom stereocenters. The highest BCUT2D eigenvalue weighted by Gasteiger charge is 2.19. The number of halogens is 1. The van der Waals surface area contributed by atoms with E-state index in [1.54, 1.807) is 7.11 Å². The summed E-state index contributed by atoms with van der Waals surface area (Å²) < 4.78 is 6.71. The standard InChI is InChI=1S/C17H28BrNOS/c1-5-12-19-14(10-11-17(2,3)20-4)13-21-16-9-7-6-8-15(16)18/h6-9,14,19H,5,10-13H2,1-4H3. The predicted octanol–water partition coefficient (Wildman–Crippen LogP) is 5.11. The lowest BCUT2D eigenvalue weighted by Crippen LogP contribution is -2.34. The van der Waals surface area contributed by atoms with Crippen LogP contribution in [0.1, 0.15) is 40.0 Å². The predicted molar refractivity (Wildman–Crippen MR) is 97.3 cm³/mol. The normalized spacial score (nSPS) is 13.4. The summed E-state index contributed by atoms with van der Waals surface area (Å²) in [7, 11) is 1.80. The molecule has 1 N–H and O–H groups in total. The van der Waals surface area contributed by atoms with Crippen LogP contribution in [0.5, 0.6) is 0 Å². The monoisotopic (exact) mass is 373 g/mol. The van der Waals surface area contributed by atoms with Crippen molar-refractivity contribution in [2.24, 2.45) is 0 Å². The van der Waals surface area contributed by atoms with Gasteiger partial charge < -0.3 is 10.1 Å². The van der Waals surface area contributed by atoms with E-state index in [0.29, 0.717) is 6.04 Å². The number of nitrogens with one attached hydrogen (secondary N) is 1. The van der Waals surface area contributed by atoms with Crippen molar-refractivity contribution in [3.8, 4) is 0 Å². The van der Waals surface area contributed by atoms with Gasteiger partial charge in [-0.1, -0.05) is 19.1 Å². The molecule has 0 saturated carbocycles. The van der Waals surface area contributed by atoms with Crippen molar-refractivity contribution in [1.82, 2.24) is 5.32 Å². The molecular formula is C17H28BrNOS. The Morgan fingerprint density at radius 2 is 2.05 bits per heavy atom. The molecule has 2 nitrogen and oxygen atoms in total. The van der Waals surface area contributed by atoms with Gasteiger partial charge in [-0.15, -0.1) is 11.8 Å². The first-order chi connectivity index (χ1) is 9.98. The van der Waals surface area contributed by atoms with Gasteiger partial charge >= 0.3 is 0 Å². The first-order valence-electron chi connectivity index (χ1n) is 7.64. The zero-order valence-electron chi connectivity index (χ0n) is 13.6. The Bertz CT molecular complexity index is 412. The minimum atomic E-state index is -0.0376. The third kappa shape index (κ3) is 7.68. The highest BCUT2D eigenvalue weighted by molar-refractivity contribution is 9.10. The maximum Gasteiger partial charge on any atom is 0.0623 e. The largest absolute Gasteiger partial charge is 0.379 e. The molecule has 0 radical (unpaired) electrons. The summed E-state index contributed by atoms with van der Waals surface area (Å²) in [5.41, 5.74) is -0.0376. The summed E-state index contributed by atoms with van der Waals surface area (Å²) in [5, 5.41) is 3.66. The first-order valence-corrected chi connectivity index (χ1v) is 9.42. The maximum atomic E-state index is 5.53. The van der Waals surface area contributed by atoms with E-state index in [2.05, 4.69) is 66.3 Å². The number of thioether (sulfide) groups is 1. The van der Waals surface area contributed by atoms with Crippen molar-refractivity contribution in [2.45, 2.75) is 56.6 Å². The van der Waals surface area contributed by atoms with E-state index in [4.69, 9.17) is 4.74 Å². The third-order valence-electron chi connectivity index (χ3n) is 3.61. The molecule has 0 aliphatic rings. The number of ether oxygens (including phenoxy) is 1. The number of hydrogen-bond donors (Lipinski definition) is 1. The number of benzene rings is 1. The minimum absolute atomic E-state index is 0.0376. The molecule has 0 spiro atoms. The molecule has 1 rings (SSSR count). The van der Waals surface area contributed by atoms with Crippen LogP contribution < -0.4 is 5.32 Å². The fourth-order valence-corrected chi connectivity index (χ4v) is 3.64. The average molecular weight is 374 g/mol. The van der Waals surface area contributed by atoms with Gasteiger partial charge in [-0.25, -0.2) is 0 Å². The summed E-state index contributed by atoms with van der Waals surface area (Å²) in [5.74, 6) is 1.09. The van der Waals surface area contributed by atoms with Crippen LogP contribution in [0.3, 0.4) is 0 Å². The second-order valence-electron chi connectivity index (χ2n) is 5.89. The highest BCUT2D eigenvalue weighted by atomic mass is 79.9. The van der Waals surface area contributed by atoms with Crippen LogP contribution in [0, 0.1) is 0 Å². The fourth-order valence-electron chi connectivity index (χ4n) is 1.97. The molecule has 0 aliphatic carbocycles. The Hall–Kier alpha value is -0.0300. The maximum absolute atomic E-state index is 5.53. The molecule has 0 fully saturated rings. The quantitative estimate of drug-likeness (QED) is 0.575. The highest BCUT2D eigenvalue weighted by Crippen LogP contribution is 2.28. The molecule has 0 aromatic heterocycles. The summed E-state index contributed by atoms with van der Waals surface area (Å²) >= 11 is 5.53. The van der Waals surface area contributed by atoms with E-state index >= 15 is 0 Å². The summed E-state index contributed by atoms with van der Waals surface area (Å²) in [6.07, 6.45) is 3.38. The van der Waals surface area contributed by atoms with E-state index in [1.165, 1.54) is 15.8 Å². The van der Waals surface area contributed by atoms with Gasteiger partial charge in [-0.3, -0.25) is 0 Å². The van der Waals surface area contributed by atoms with Crippen molar-refractivity contribution in [3.63, 3.8) is 0 Å². The van der Waals surface area contributed by atoms with E-state index in [-0.39, 0.29) is 5.60 Å². The van der Waals surface area contributed by atoms with Gasteiger partial charge in [0.2, 0.25) is 0 Å². The van der Waals surface area contributed by atoms with Crippen LogP contribution in [0.25, 0.3) is 0 Å². The Balaban J connectivity index is 2.51. The number of methoxy groups -OCH3 is 1. The topological polar surface area (TPSA) is 21.3 Å². The zero-order valence-corrected chi connectivity index (χ0v) is 16.0. The molecule has 0 saturated heterocycles. The van der Waals surface area contributed by atoms with Crippen LogP contribution in [-0.2, 0) is 4.74 Å². The Kier molecular flexibility index (Phi) is 8.95. The van der Waals surface area contributed by atoms with Gasteiger partial charge in [0.05, 0.1) is 5.60 Å². The molecule has 0 bridgehead atoms. The van der Waals surface area contributed by atoms with Crippen LogP contribution in [0.4, 0.5) is 0 Å². The van der Waals surface area contributed by atoms with Crippen LogP contribution in [0.2, 0.25) is 0 Å². The fraction of sp³-hybridized carbons (Fsp3) is 0.647. The zero-order chi connectivity index (χ0) is 15.7. The summed E-state index contributed by atoms with van der Waals surface area (Å²) in [6.45, 7) is 7.61. The molecule has 0 aliphatic heterocycles. The van der Waals surface area contributed by atoms with Crippen molar-refractivity contribution < 1.29 is 4.74 Å². The van der Waals surface area contributed by atoms with Crippen LogP contribution in [-0.4, -0.2) is 31.1 Å². The van der Waals surface area contributed by atoms with Crippen molar-refractivity contribution >= 4 is 27.7 Å². The smallest absolute Gasteiger partial charge is 0.0623 e. The summed E-state index contributed by atoms with van der Waals surface area (Å²) in [4.78, 5) is 1.31. The lowest BCUT2D eigenvalue weighted by molar-refractivity contribution is 0.0122. The van der Waals surface area contributed by atoms with Crippen LogP contribution >= 0.6 is 27.7 Å². The third-order valence-corrected chi connectivity index (χ3v) is 5.80. The lowest BCUT2D eigenvalue weighted by atomic mass is 9.99. The number of hydrogen-bond acceptors (Lipinski definition) is 3. The molecule has 120 valence electrons. The van der Waals surface area contributed by atoms with Crippen molar-refractivity contribution in [2.75, 3.05) is 19.4 Å². The Morgan fingerprint density at radius 1 is 1.33 bits per heavy atom. The Labute approximate surface area is 142 Å². The molecule has 0 heterocycles. The second kappa shape index (κ2) is 9.88. The molecule has 0 amide bonds. The van der Waals surface area contributed by atoms with Gasteiger partial charge in [0.15, 0.2) is 0 Å². The van der Waals surface area contributed by atoms with E-state index in [9.17, 15) is 0 Å². The van der Waals surface area contributed by atoms with E-state index in [0.717, 1.165) is 25.1 Å². The van der Waals surface area contributed by atoms with Gasteiger partial charge in [-0.05, 0) is 67.7 Å². The van der Waals surface area contributed by atoms with Gasteiger partial charge in [0.1, 0.15) is 0 Å². The van der Waals surface area contributed by atoms with E-state index < -0.39 is 0 Å². The van der Waals surface area contributed by atoms with Crippen LogP contribution in [0.15, 0.2) is 33.6 Å². The lowest BCUT2D eigenvalue weighted by Gasteiger charge is -2.26. The second-order valence-corrected chi connectivity index (χ2v) is 7.81. The van der Waals surface area contributed by atoms with E-state index in [1.807, 2.05) is 11.8 Å².